The Bertz CT molecular complexity index is 1260. The molecule has 3 aromatic rings. The largest absolute Gasteiger partial charge is 0.352 e. The summed E-state index contributed by atoms with van der Waals surface area (Å²) in [5.41, 5.74) is 2.21. The van der Waals surface area contributed by atoms with Crippen LogP contribution in [-0.4, -0.2) is 52.3 Å². The molecule has 1 N–H and O–H groups in total. The maximum Gasteiger partial charge on any atom is 0.242 e. The number of amides is 2. The van der Waals surface area contributed by atoms with Crippen molar-refractivity contribution in [1.82, 2.24) is 14.8 Å². The number of aromatic nitrogens is 1. The van der Waals surface area contributed by atoms with E-state index in [1.807, 2.05) is 13.8 Å². The number of fused-ring (bicyclic) bond motifs is 1. The molecule has 2 fully saturated rings. The van der Waals surface area contributed by atoms with Crippen molar-refractivity contribution in [2.24, 2.45) is 5.92 Å². The van der Waals surface area contributed by atoms with Crippen LogP contribution in [0, 0.1) is 23.4 Å². The van der Waals surface area contributed by atoms with Gasteiger partial charge in [0.1, 0.15) is 17.5 Å². The monoisotopic (exact) mass is 469 g/mol. The Hall–Kier alpha value is -3.29. The molecule has 0 bridgehead atoms. The molecule has 0 unspecified atom stereocenters. The van der Waals surface area contributed by atoms with Crippen molar-refractivity contribution in [3.05, 3.63) is 59.4 Å². The van der Waals surface area contributed by atoms with Crippen LogP contribution in [0.3, 0.4) is 0 Å². The number of nitrogens with zero attached hydrogens (tertiary/aromatic N) is 2. The van der Waals surface area contributed by atoms with Crippen LogP contribution < -0.4 is 0 Å². The number of halogens is 3. The summed E-state index contributed by atoms with van der Waals surface area (Å²) in [4.78, 5) is 31.9. The van der Waals surface area contributed by atoms with Gasteiger partial charge in [0.25, 0.3) is 0 Å². The van der Waals surface area contributed by atoms with Crippen molar-refractivity contribution in [3.8, 4) is 11.3 Å². The summed E-state index contributed by atoms with van der Waals surface area (Å²) >= 11 is 0. The zero-order valence-electron chi connectivity index (χ0n) is 19.1. The molecule has 0 radical (unpaired) electrons. The van der Waals surface area contributed by atoms with Gasteiger partial charge in [-0.3, -0.25) is 9.59 Å². The number of carbonyl (C=O) groups is 2. The van der Waals surface area contributed by atoms with Crippen molar-refractivity contribution < 1.29 is 22.8 Å². The van der Waals surface area contributed by atoms with E-state index in [2.05, 4.69) is 4.98 Å². The van der Waals surface area contributed by atoms with Gasteiger partial charge in [0.05, 0.1) is 17.8 Å². The smallest absolute Gasteiger partial charge is 0.242 e. The Balaban J connectivity index is 1.40. The molecule has 5 rings (SSSR count). The maximum atomic E-state index is 14.6. The standard InChI is InChI=1S/C26H26F3N3O2/c1-14(2)32-8-7-31(13-22(32)33)26(34)17-9-16(10-17)23-20-11-19(28)12-21(29)25(20)30-24(23)15-3-5-18(27)6-4-15/h3-6,11-12,14,16-17,30H,7-10,13H2,1-2H3. The Morgan fingerprint density at radius 3 is 2.38 bits per heavy atom. The lowest BCUT2D eigenvalue weighted by Gasteiger charge is -2.41. The van der Waals surface area contributed by atoms with Gasteiger partial charge in [-0.1, -0.05) is 0 Å². The fraction of sp³-hybridized carbons (Fsp3) is 0.385. The van der Waals surface area contributed by atoms with Crippen LogP contribution >= 0.6 is 0 Å². The van der Waals surface area contributed by atoms with Crippen LogP contribution in [0.5, 0.6) is 0 Å². The molecule has 1 saturated heterocycles. The van der Waals surface area contributed by atoms with E-state index in [-0.39, 0.29) is 47.6 Å². The Labute approximate surface area is 195 Å². The van der Waals surface area contributed by atoms with Crippen molar-refractivity contribution in [1.29, 1.82) is 0 Å². The number of rotatable bonds is 4. The van der Waals surface area contributed by atoms with Crippen LogP contribution in [0.2, 0.25) is 0 Å². The third-order valence-electron chi connectivity index (χ3n) is 7.09. The molecule has 1 aromatic heterocycles. The quantitative estimate of drug-likeness (QED) is 0.596. The van der Waals surface area contributed by atoms with E-state index in [1.165, 1.54) is 18.2 Å². The molecule has 0 spiro atoms. The SMILES string of the molecule is CC(C)N1CCN(C(=O)C2CC(c3c(-c4ccc(F)cc4)[nH]c4c(F)cc(F)cc34)C2)CC1=O. The fourth-order valence-electron chi connectivity index (χ4n) is 5.24. The van der Waals surface area contributed by atoms with Gasteiger partial charge in [0.15, 0.2) is 0 Å². The van der Waals surface area contributed by atoms with Gasteiger partial charge in [-0.05, 0) is 74.1 Å². The van der Waals surface area contributed by atoms with E-state index in [4.69, 9.17) is 0 Å². The van der Waals surface area contributed by atoms with Gasteiger partial charge in [-0.2, -0.15) is 0 Å². The Morgan fingerprint density at radius 2 is 1.74 bits per heavy atom. The van der Waals surface area contributed by atoms with E-state index in [1.54, 1.807) is 21.9 Å². The topological polar surface area (TPSA) is 56.4 Å². The fourth-order valence-corrected chi connectivity index (χ4v) is 5.24. The summed E-state index contributed by atoms with van der Waals surface area (Å²) in [6.07, 6.45) is 1.05. The van der Waals surface area contributed by atoms with E-state index < -0.39 is 11.6 Å². The predicted molar refractivity (Wildman–Crippen MR) is 123 cm³/mol. The second kappa shape index (κ2) is 8.49. The normalized spacial score (nSPS) is 20.8. The average Bonchev–Trinajstić information content (AvgIpc) is 3.12. The highest BCUT2D eigenvalue weighted by Crippen LogP contribution is 2.49. The highest BCUT2D eigenvalue weighted by Gasteiger charge is 2.41. The molecule has 178 valence electrons. The molecule has 8 heteroatoms. The number of hydrogen-bond acceptors (Lipinski definition) is 2. The first-order chi connectivity index (χ1) is 16.2. The third kappa shape index (κ3) is 3.85. The molecule has 2 heterocycles. The average molecular weight is 470 g/mol. The van der Waals surface area contributed by atoms with Gasteiger partial charge >= 0.3 is 0 Å². The number of H-pyrrole nitrogens is 1. The molecule has 2 aliphatic rings. The van der Waals surface area contributed by atoms with Crippen LogP contribution in [0.1, 0.15) is 38.2 Å². The van der Waals surface area contributed by atoms with Crippen LogP contribution in [0.15, 0.2) is 36.4 Å². The van der Waals surface area contributed by atoms with Gasteiger partial charge < -0.3 is 14.8 Å². The summed E-state index contributed by atoms with van der Waals surface area (Å²) < 4.78 is 42.1. The van der Waals surface area contributed by atoms with Gasteiger partial charge in [-0.15, -0.1) is 0 Å². The number of nitrogens with one attached hydrogen (secondary N) is 1. The molecule has 5 nitrogen and oxygen atoms in total. The molecule has 2 aromatic carbocycles. The lowest BCUT2D eigenvalue weighted by Crippen LogP contribution is -2.56. The first-order valence-electron chi connectivity index (χ1n) is 11.6. The van der Waals surface area contributed by atoms with Crippen molar-refractivity contribution >= 4 is 22.7 Å². The molecule has 2 amide bonds. The van der Waals surface area contributed by atoms with Gasteiger partial charge in [0.2, 0.25) is 11.8 Å². The summed E-state index contributed by atoms with van der Waals surface area (Å²) in [5, 5.41) is 0.438. The van der Waals surface area contributed by atoms with Crippen LogP contribution in [-0.2, 0) is 9.59 Å². The highest BCUT2D eigenvalue weighted by atomic mass is 19.1. The number of benzene rings is 2. The van der Waals surface area contributed by atoms with Crippen molar-refractivity contribution in [2.75, 3.05) is 19.6 Å². The molecule has 1 aliphatic carbocycles. The van der Waals surface area contributed by atoms with E-state index >= 15 is 0 Å². The molecule has 1 saturated carbocycles. The summed E-state index contributed by atoms with van der Waals surface area (Å²) in [6.45, 7) is 5.03. The third-order valence-corrected chi connectivity index (χ3v) is 7.09. The summed E-state index contributed by atoms with van der Waals surface area (Å²) in [5.74, 6) is -2.19. The first-order valence-corrected chi connectivity index (χ1v) is 11.6. The first kappa shape index (κ1) is 22.5. The second-order valence-electron chi connectivity index (χ2n) is 9.54. The highest BCUT2D eigenvalue weighted by molar-refractivity contribution is 5.93. The van der Waals surface area contributed by atoms with Crippen molar-refractivity contribution in [3.63, 3.8) is 0 Å². The minimum Gasteiger partial charge on any atom is -0.352 e. The molecular formula is C26H26F3N3O2. The lowest BCUT2D eigenvalue weighted by atomic mass is 9.69. The van der Waals surface area contributed by atoms with Crippen LogP contribution in [0.4, 0.5) is 13.2 Å². The lowest BCUT2D eigenvalue weighted by molar-refractivity contribution is -0.150. The van der Waals surface area contributed by atoms with Gasteiger partial charge in [-0.25, -0.2) is 13.2 Å². The van der Waals surface area contributed by atoms with E-state index in [0.29, 0.717) is 42.6 Å². The van der Waals surface area contributed by atoms with Crippen LogP contribution in [0.25, 0.3) is 22.2 Å². The molecule has 1 aliphatic heterocycles. The Morgan fingerprint density at radius 1 is 1.03 bits per heavy atom. The second-order valence-corrected chi connectivity index (χ2v) is 9.54. The Kier molecular flexibility index (Phi) is 5.62. The maximum absolute atomic E-state index is 14.6. The molecular weight excluding hydrogens is 443 g/mol. The summed E-state index contributed by atoms with van der Waals surface area (Å²) in [7, 11) is 0. The number of piperazine rings is 1. The zero-order chi connectivity index (χ0) is 24.1. The number of hydrogen-bond donors (Lipinski definition) is 1. The predicted octanol–water partition coefficient (Wildman–Crippen LogP) is 4.83. The minimum atomic E-state index is -0.696. The number of carbonyl (C=O) groups excluding carboxylic acids is 2. The zero-order valence-corrected chi connectivity index (χ0v) is 19.1. The summed E-state index contributed by atoms with van der Waals surface area (Å²) in [6, 6.07) is 8.07. The number of aromatic amines is 1. The van der Waals surface area contributed by atoms with E-state index in [0.717, 1.165) is 11.6 Å². The van der Waals surface area contributed by atoms with Crippen molar-refractivity contribution in [2.45, 2.75) is 38.6 Å². The van der Waals surface area contributed by atoms with E-state index in [9.17, 15) is 22.8 Å². The molecule has 0 atom stereocenters. The minimum absolute atomic E-state index is 0.0476. The van der Waals surface area contributed by atoms with Gasteiger partial charge in [0, 0.05) is 36.5 Å². The molecule has 34 heavy (non-hydrogen) atoms.